The molecule has 0 fully saturated rings. The lowest BCUT2D eigenvalue weighted by atomic mass is 10.2. The fraction of sp³-hybridized carbons (Fsp3) is 0.0833. The summed E-state index contributed by atoms with van der Waals surface area (Å²) in [5.41, 5.74) is -1.85. The molecule has 122 valence electrons. The summed E-state index contributed by atoms with van der Waals surface area (Å²) < 4.78 is 66.6. The van der Waals surface area contributed by atoms with E-state index in [2.05, 4.69) is 5.10 Å². The monoisotopic (exact) mass is 335 g/mol. The van der Waals surface area contributed by atoms with Crippen molar-refractivity contribution in [1.29, 1.82) is 0 Å². The van der Waals surface area contributed by atoms with Gasteiger partial charge in [-0.2, -0.15) is 5.10 Å². The molecule has 11 heteroatoms. The Morgan fingerprint density at radius 2 is 1.57 bits per heavy atom. The second-order valence-corrected chi connectivity index (χ2v) is 4.22. The summed E-state index contributed by atoms with van der Waals surface area (Å²) in [7, 11) is 0. The van der Waals surface area contributed by atoms with Gasteiger partial charge in [-0.05, 0) is 0 Å². The van der Waals surface area contributed by atoms with Crippen molar-refractivity contribution in [1.82, 2.24) is 9.78 Å². The predicted octanol–water partition coefficient (Wildman–Crippen LogP) is 1.92. The number of carbonyl (C=O) groups excluding carboxylic acids is 1. The van der Waals surface area contributed by atoms with E-state index in [0.717, 1.165) is 17.1 Å². The zero-order valence-corrected chi connectivity index (χ0v) is 10.9. The number of aromatic nitrogens is 2. The normalized spacial score (nSPS) is 10.7. The van der Waals surface area contributed by atoms with E-state index in [1.165, 1.54) is 5.32 Å². The van der Waals surface area contributed by atoms with Gasteiger partial charge in [0.2, 0.25) is 5.82 Å². The number of carbonyl (C=O) groups is 2. The molecule has 2 N–H and O–H groups in total. The first-order chi connectivity index (χ1) is 10.7. The molecule has 0 atom stereocenters. The maximum absolute atomic E-state index is 13.4. The van der Waals surface area contributed by atoms with Gasteiger partial charge in [0.05, 0.1) is 11.8 Å². The molecule has 0 saturated heterocycles. The number of aliphatic carboxylic acids is 1. The number of hydrogen-bond acceptors (Lipinski definition) is 3. The number of carboxylic acid groups (broad SMARTS) is 1. The first-order valence-corrected chi connectivity index (χ1v) is 5.79. The van der Waals surface area contributed by atoms with Crippen molar-refractivity contribution in [3.8, 4) is 0 Å². The second-order valence-electron chi connectivity index (χ2n) is 4.22. The van der Waals surface area contributed by atoms with Gasteiger partial charge >= 0.3 is 5.97 Å². The van der Waals surface area contributed by atoms with E-state index in [-0.39, 0.29) is 5.56 Å². The summed E-state index contributed by atoms with van der Waals surface area (Å²) in [6.07, 6.45) is 1.79. The van der Waals surface area contributed by atoms with Crippen LogP contribution in [0.2, 0.25) is 0 Å². The lowest BCUT2D eigenvalue weighted by Gasteiger charge is -2.08. The second kappa shape index (κ2) is 6.02. The Hall–Kier alpha value is -2.98. The van der Waals surface area contributed by atoms with E-state index in [4.69, 9.17) is 5.11 Å². The maximum Gasteiger partial charge on any atom is 0.325 e. The molecule has 0 bridgehead atoms. The van der Waals surface area contributed by atoms with Crippen LogP contribution in [0.5, 0.6) is 0 Å². The van der Waals surface area contributed by atoms with Gasteiger partial charge in [-0.3, -0.25) is 14.3 Å². The van der Waals surface area contributed by atoms with Crippen LogP contribution >= 0.6 is 0 Å². The Balaban J connectivity index is 2.31. The fourth-order valence-electron chi connectivity index (χ4n) is 1.61. The van der Waals surface area contributed by atoms with Crippen molar-refractivity contribution >= 4 is 17.6 Å². The van der Waals surface area contributed by atoms with E-state index < -0.39 is 53.2 Å². The number of hydrogen-bond donors (Lipinski definition) is 2. The van der Waals surface area contributed by atoms with Crippen LogP contribution in [0.1, 0.15) is 10.4 Å². The molecule has 0 aliphatic carbocycles. The number of halogens is 5. The van der Waals surface area contributed by atoms with Gasteiger partial charge in [-0.25, -0.2) is 22.0 Å². The van der Waals surface area contributed by atoms with Crippen molar-refractivity contribution < 1.29 is 36.6 Å². The number of rotatable bonds is 4. The lowest BCUT2D eigenvalue weighted by Crippen LogP contribution is -2.16. The number of carboxylic acids is 1. The van der Waals surface area contributed by atoms with Crippen LogP contribution in [0.25, 0.3) is 0 Å². The minimum atomic E-state index is -2.35. The van der Waals surface area contributed by atoms with E-state index >= 15 is 0 Å². The molecular formula is C12H6F5N3O3. The quantitative estimate of drug-likeness (QED) is 0.508. The lowest BCUT2D eigenvalue weighted by molar-refractivity contribution is -0.137. The predicted molar refractivity (Wildman–Crippen MR) is 64.0 cm³/mol. The molecule has 0 aliphatic rings. The van der Waals surface area contributed by atoms with Crippen LogP contribution in [-0.4, -0.2) is 26.8 Å². The molecule has 1 aromatic heterocycles. The van der Waals surface area contributed by atoms with Gasteiger partial charge in [0.15, 0.2) is 23.3 Å². The molecule has 6 nitrogen and oxygen atoms in total. The van der Waals surface area contributed by atoms with Gasteiger partial charge in [-0.1, -0.05) is 0 Å². The molecule has 1 heterocycles. The Kier molecular flexibility index (Phi) is 4.29. The van der Waals surface area contributed by atoms with Gasteiger partial charge in [-0.15, -0.1) is 0 Å². The molecule has 0 radical (unpaired) electrons. The highest BCUT2D eigenvalue weighted by Gasteiger charge is 2.27. The van der Waals surface area contributed by atoms with E-state index in [1.54, 1.807) is 0 Å². The zero-order chi connectivity index (χ0) is 17.3. The van der Waals surface area contributed by atoms with Crippen LogP contribution in [0.4, 0.5) is 27.6 Å². The first kappa shape index (κ1) is 16.4. The minimum Gasteiger partial charge on any atom is -0.480 e. The molecule has 2 rings (SSSR count). The number of nitrogens with zero attached hydrogens (tertiary/aromatic N) is 2. The maximum atomic E-state index is 13.4. The minimum absolute atomic E-state index is 0.338. The number of nitrogens with one attached hydrogen (secondary N) is 1. The van der Waals surface area contributed by atoms with Crippen molar-refractivity contribution in [2.24, 2.45) is 0 Å². The van der Waals surface area contributed by atoms with Crippen LogP contribution in [-0.2, 0) is 11.3 Å². The summed E-state index contributed by atoms with van der Waals surface area (Å²) in [5.74, 6) is -13.7. The molecule has 1 amide bonds. The van der Waals surface area contributed by atoms with Gasteiger partial charge in [0.25, 0.3) is 5.91 Å². The van der Waals surface area contributed by atoms with Crippen molar-refractivity contribution in [3.05, 3.63) is 47.0 Å². The van der Waals surface area contributed by atoms with Crippen molar-refractivity contribution in [2.45, 2.75) is 6.54 Å². The molecule has 0 saturated carbocycles. The highest BCUT2D eigenvalue weighted by Crippen LogP contribution is 2.27. The third-order valence-corrected chi connectivity index (χ3v) is 2.64. The largest absolute Gasteiger partial charge is 0.480 e. The SMILES string of the molecule is O=C(O)Cn1cc(C(=O)Nc2c(F)c(F)c(F)c(F)c2F)cn1. The molecule has 23 heavy (non-hydrogen) atoms. The molecule has 0 aliphatic heterocycles. The molecule has 0 spiro atoms. The average molecular weight is 335 g/mol. The zero-order valence-electron chi connectivity index (χ0n) is 10.9. The van der Waals surface area contributed by atoms with Crippen LogP contribution in [0.15, 0.2) is 12.4 Å². The van der Waals surface area contributed by atoms with E-state index in [9.17, 15) is 31.5 Å². The Bertz CT molecular complexity index is 776. The van der Waals surface area contributed by atoms with Crippen LogP contribution < -0.4 is 5.32 Å². The topological polar surface area (TPSA) is 84.2 Å². The summed E-state index contributed by atoms with van der Waals surface area (Å²) in [5, 5.41) is 13.6. The molecule has 0 unspecified atom stereocenters. The number of anilines is 1. The van der Waals surface area contributed by atoms with Crippen LogP contribution in [0, 0.1) is 29.1 Å². The van der Waals surface area contributed by atoms with E-state index in [0.29, 0.717) is 0 Å². The highest BCUT2D eigenvalue weighted by atomic mass is 19.2. The number of benzene rings is 1. The molecule has 1 aromatic carbocycles. The number of amides is 1. The van der Waals surface area contributed by atoms with Gasteiger partial charge in [0, 0.05) is 6.20 Å². The Morgan fingerprint density at radius 1 is 1.04 bits per heavy atom. The summed E-state index contributed by atoms with van der Waals surface area (Å²) in [6, 6.07) is 0. The molecular weight excluding hydrogens is 329 g/mol. The van der Waals surface area contributed by atoms with Crippen molar-refractivity contribution in [2.75, 3.05) is 5.32 Å². The smallest absolute Gasteiger partial charge is 0.325 e. The molecule has 2 aromatic rings. The van der Waals surface area contributed by atoms with E-state index in [1.807, 2.05) is 0 Å². The third-order valence-electron chi connectivity index (χ3n) is 2.64. The van der Waals surface area contributed by atoms with Crippen molar-refractivity contribution in [3.63, 3.8) is 0 Å². The standard InChI is InChI=1S/C12H6F5N3O3/c13-6-7(14)9(16)11(10(17)8(6)15)19-12(23)4-1-18-20(2-4)3-5(21)22/h1-2H,3H2,(H,19,23)(H,21,22). The Morgan fingerprint density at radius 3 is 2.09 bits per heavy atom. The summed E-state index contributed by atoms with van der Waals surface area (Å²) in [4.78, 5) is 22.2. The Labute approximate surface area is 124 Å². The third kappa shape index (κ3) is 3.12. The fourth-order valence-corrected chi connectivity index (χ4v) is 1.61. The summed E-state index contributed by atoms with van der Waals surface area (Å²) in [6.45, 7) is -0.587. The van der Waals surface area contributed by atoms with Gasteiger partial charge < -0.3 is 10.4 Å². The first-order valence-electron chi connectivity index (χ1n) is 5.79. The van der Waals surface area contributed by atoms with Crippen LogP contribution in [0.3, 0.4) is 0 Å². The highest BCUT2D eigenvalue weighted by molar-refractivity contribution is 6.04. The summed E-state index contributed by atoms with van der Waals surface area (Å²) >= 11 is 0. The average Bonchev–Trinajstić information content (AvgIpc) is 2.95. The van der Waals surface area contributed by atoms with Gasteiger partial charge in [0.1, 0.15) is 12.2 Å².